The molecule has 2 aliphatic heterocycles. The van der Waals surface area contributed by atoms with Crippen LogP contribution < -0.4 is 4.74 Å². The van der Waals surface area contributed by atoms with E-state index >= 15 is 0 Å². The van der Waals surface area contributed by atoms with E-state index in [4.69, 9.17) is 24.3 Å². The molecule has 0 radical (unpaired) electrons. The van der Waals surface area contributed by atoms with Gasteiger partial charge in [0.1, 0.15) is 17.4 Å². The Morgan fingerprint density at radius 2 is 1.86 bits per heavy atom. The maximum absolute atomic E-state index is 14.1. The fourth-order valence-electron chi connectivity index (χ4n) is 6.70. The first-order valence-corrected chi connectivity index (χ1v) is 15.6. The molecule has 2 aromatic heterocycles. The van der Waals surface area contributed by atoms with Crippen LogP contribution in [0.4, 0.5) is 18.0 Å². The summed E-state index contributed by atoms with van der Waals surface area (Å²) < 4.78 is 62.2. The predicted molar refractivity (Wildman–Crippen MR) is 155 cm³/mol. The van der Waals surface area contributed by atoms with Gasteiger partial charge >= 0.3 is 12.3 Å². The van der Waals surface area contributed by atoms with Crippen molar-refractivity contribution in [1.82, 2.24) is 24.6 Å². The molecule has 1 aromatic carbocycles. The Hall–Kier alpha value is -3.41. The Morgan fingerprint density at radius 1 is 1.07 bits per heavy atom. The summed E-state index contributed by atoms with van der Waals surface area (Å²) in [6.45, 7) is 7.09. The molecule has 0 bridgehead atoms. The van der Waals surface area contributed by atoms with Gasteiger partial charge in [0.05, 0.1) is 35.6 Å². The van der Waals surface area contributed by atoms with Gasteiger partial charge < -0.3 is 19.1 Å². The second-order valence-corrected chi connectivity index (χ2v) is 13.8. The van der Waals surface area contributed by atoms with E-state index < -0.39 is 17.2 Å². The molecule has 12 heteroatoms. The summed E-state index contributed by atoms with van der Waals surface area (Å²) in [5.41, 5.74) is -0.634. The Balaban J connectivity index is 1.23. The first kappa shape index (κ1) is 29.3. The number of rotatable bonds is 5. The van der Waals surface area contributed by atoms with E-state index in [1.807, 2.05) is 20.8 Å². The summed E-state index contributed by atoms with van der Waals surface area (Å²) in [7, 11) is 0. The van der Waals surface area contributed by atoms with Crippen LogP contribution >= 0.6 is 0 Å². The second-order valence-electron chi connectivity index (χ2n) is 13.8. The number of fused-ring (bicyclic) bond motifs is 1. The molecule has 2 saturated heterocycles. The van der Waals surface area contributed by atoms with Crippen LogP contribution in [0.5, 0.6) is 5.88 Å². The molecule has 2 aliphatic carbocycles. The number of piperidine rings is 1. The minimum Gasteiger partial charge on any atom is -0.471 e. The number of likely N-dealkylation sites (tertiary alicyclic amines) is 1. The summed E-state index contributed by atoms with van der Waals surface area (Å²) >= 11 is 0. The van der Waals surface area contributed by atoms with E-state index in [-0.39, 0.29) is 42.2 Å². The van der Waals surface area contributed by atoms with E-state index in [9.17, 15) is 18.0 Å². The van der Waals surface area contributed by atoms with Gasteiger partial charge in [-0.05, 0) is 89.8 Å². The highest BCUT2D eigenvalue weighted by Crippen LogP contribution is 2.59. The lowest BCUT2D eigenvalue weighted by Crippen LogP contribution is -2.51. The van der Waals surface area contributed by atoms with Crippen LogP contribution in [-0.2, 0) is 14.9 Å². The van der Waals surface area contributed by atoms with Crippen LogP contribution in [0.3, 0.4) is 0 Å². The number of ether oxygens (including phenoxy) is 3. The molecule has 4 aliphatic rings. The van der Waals surface area contributed by atoms with Crippen LogP contribution in [0, 0.1) is 5.41 Å². The molecule has 2 saturated carbocycles. The zero-order valence-electron chi connectivity index (χ0n) is 25.3. The van der Waals surface area contributed by atoms with Gasteiger partial charge in [-0.1, -0.05) is 6.07 Å². The van der Waals surface area contributed by atoms with Gasteiger partial charge in [-0.2, -0.15) is 18.3 Å². The minimum atomic E-state index is -4.33. The number of carbonyl (C=O) groups is 1. The molecule has 1 unspecified atom stereocenters. The summed E-state index contributed by atoms with van der Waals surface area (Å²) in [6, 6.07) is 4.83. The Morgan fingerprint density at radius 3 is 2.52 bits per heavy atom. The molecule has 1 amide bonds. The molecule has 0 N–H and O–H groups in total. The fraction of sp³-hybridized carbons (Fsp3) is 0.625. The van der Waals surface area contributed by atoms with Crippen molar-refractivity contribution in [1.29, 1.82) is 0 Å². The van der Waals surface area contributed by atoms with Gasteiger partial charge in [-0.15, -0.1) is 0 Å². The van der Waals surface area contributed by atoms with Crippen molar-refractivity contribution in [2.75, 3.05) is 19.7 Å². The highest BCUT2D eigenvalue weighted by Gasteiger charge is 2.64. The van der Waals surface area contributed by atoms with Crippen molar-refractivity contribution < 1.29 is 32.2 Å². The van der Waals surface area contributed by atoms with Crippen LogP contribution in [0.1, 0.15) is 83.9 Å². The van der Waals surface area contributed by atoms with Crippen LogP contribution in [-0.4, -0.2) is 68.3 Å². The molecular weight excluding hydrogens is 575 g/mol. The molecule has 2 atom stereocenters. The highest BCUT2D eigenvalue weighted by molar-refractivity contribution is 5.93. The minimum absolute atomic E-state index is 0.0221. The van der Waals surface area contributed by atoms with E-state index in [1.54, 1.807) is 40.2 Å². The smallest absolute Gasteiger partial charge is 0.410 e. The maximum atomic E-state index is 14.1. The Kier molecular flexibility index (Phi) is 6.87. The lowest BCUT2D eigenvalue weighted by molar-refractivity contribution is -0.160. The van der Waals surface area contributed by atoms with Crippen LogP contribution in [0.2, 0.25) is 0 Å². The second kappa shape index (κ2) is 10.3. The SMILES string of the molecule is CC(C)(C)OC(=O)N1CCC2(CC2)[C@@H](Oc2cncc(-c3c4cc(C5(C(F)(F)F)CC5)ccc4nn3C3CCCCO3)n2)C1. The Labute approximate surface area is 254 Å². The lowest BCUT2D eigenvalue weighted by atomic mass is 9.90. The quantitative estimate of drug-likeness (QED) is 0.307. The van der Waals surface area contributed by atoms with Gasteiger partial charge in [0.25, 0.3) is 0 Å². The molecule has 4 fully saturated rings. The number of hydrogen-bond donors (Lipinski definition) is 0. The van der Waals surface area contributed by atoms with Crippen molar-refractivity contribution in [2.24, 2.45) is 5.41 Å². The maximum Gasteiger partial charge on any atom is 0.410 e. The largest absolute Gasteiger partial charge is 0.471 e. The third-order valence-electron chi connectivity index (χ3n) is 9.58. The number of amides is 1. The zero-order valence-corrected chi connectivity index (χ0v) is 25.3. The van der Waals surface area contributed by atoms with E-state index in [0.717, 1.165) is 38.5 Å². The van der Waals surface area contributed by atoms with E-state index in [2.05, 4.69) is 4.98 Å². The topological polar surface area (TPSA) is 91.6 Å². The average molecular weight is 614 g/mol. The summed E-state index contributed by atoms with van der Waals surface area (Å²) in [5.74, 6) is 0.292. The van der Waals surface area contributed by atoms with Crippen LogP contribution in [0.15, 0.2) is 30.6 Å². The van der Waals surface area contributed by atoms with Gasteiger partial charge in [-0.25, -0.2) is 14.5 Å². The lowest BCUT2D eigenvalue weighted by Gasteiger charge is -2.39. The molecule has 4 heterocycles. The molecule has 1 spiro atoms. The first-order valence-electron chi connectivity index (χ1n) is 15.6. The molecule has 236 valence electrons. The third kappa shape index (κ3) is 5.28. The monoisotopic (exact) mass is 613 g/mol. The van der Waals surface area contributed by atoms with Crippen molar-refractivity contribution >= 4 is 17.0 Å². The number of halogens is 3. The van der Waals surface area contributed by atoms with Gasteiger partial charge in [0.2, 0.25) is 5.88 Å². The van der Waals surface area contributed by atoms with Crippen molar-refractivity contribution in [3.05, 3.63) is 36.2 Å². The molecule has 7 rings (SSSR count). The average Bonchev–Trinajstić information content (AvgIpc) is 3.90. The Bertz CT molecular complexity index is 1570. The van der Waals surface area contributed by atoms with E-state index in [0.29, 0.717) is 47.9 Å². The number of alkyl halides is 3. The highest BCUT2D eigenvalue weighted by atomic mass is 19.4. The number of nitrogens with zero attached hydrogens (tertiary/aromatic N) is 5. The number of carbonyl (C=O) groups excluding carboxylic acids is 1. The van der Waals surface area contributed by atoms with E-state index in [1.165, 1.54) is 0 Å². The summed E-state index contributed by atoms with van der Waals surface area (Å²) in [5, 5.41) is 5.37. The third-order valence-corrected chi connectivity index (χ3v) is 9.58. The van der Waals surface area contributed by atoms with Crippen molar-refractivity contribution in [2.45, 2.75) is 102 Å². The van der Waals surface area contributed by atoms with Crippen molar-refractivity contribution in [3.8, 4) is 17.3 Å². The van der Waals surface area contributed by atoms with Crippen molar-refractivity contribution in [3.63, 3.8) is 0 Å². The van der Waals surface area contributed by atoms with Gasteiger partial charge in [0.15, 0.2) is 6.23 Å². The van der Waals surface area contributed by atoms with Crippen LogP contribution in [0.25, 0.3) is 22.3 Å². The number of aromatic nitrogens is 4. The number of hydrogen-bond acceptors (Lipinski definition) is 7. The predicted octanol–water partition coefficient (Wildman–Crippen LogP) is 6.95. The normalized spacial score (nSPS) is 24.4. The van der Waals surface area contributed by atoms with Gasteiger partial charge in [-0.3, -0.25) is 4.98 Å². The molecule has 3 aromatic rings. The molecule has 9 nitrogen and oxygen atoms in total. The molecular formula is C32H38F3N5O4. The standard InChI is InChI=1S/C32H38F3N5O4/c1-29(2,3)44-28(41)39-14-13-30(9-10-30)24(19-39)43-25-18-36-17-23(37-25)27-21-16-20(31(11-12-31)32(33,34)35)7-8-22(21)38-40(27)26-6-4-5-15-42-26/h7-8,16-18,24,26H,4-6,9-15,19H2,1-3H3/t24-,26?/m0/s1. The fourth-order valence-corrected chi connectivity index (χ4v) is 6.70. The first-order chi connectivity index (χ1) is 20.9. The van der Waals surface area contributed by atoms with Gasteiger partial charge in [0, 0.05) is 24.0 Å². The summed E-state index contributed by atoms with van der Waals surface area (Å²) in [4.78, 5) is 23.8. The zero-order chi connectivity index (χ0) is 30.9. The summed E-state index contributed by atoms with van der Waals surface area (Å²) in [6.07, 6.45) is 3.38. The number of benzene rings is 1. The molecule has 44 heavy (non-hydrogen) atoms.